The summed E-state index contributed by atoms with van der Waals surface area (Å²) in [4.78, 5) is 22.5. The van der Waals surface area contributed by atoms with E-state index in [0.29, 0.717) is 11.1 Å². The summed E-state index contributed by atoms with van der Waals surface area (Å²) >= 11 is 18.6. The molecular weight excluding hydrogens is 439 g/mol. The minimum atomic E-state index is -1.15. The van der Waals surface area contributed by atoms with Gasteiger partial charge in [-0.25, -0.2) is 0 Å². The van der Waals surface area contributed by atoms with Gasteiger partial charge in [0.05, 0.1) is 10.0 Å². The summed E-state index contributed by atoms with van der Waals surface area (Å²) in [5, 5.41) is 15.1. The third-order valence-corrected chi connectivity index (χ3v) is 4.81. The van der Waals surface area contributed by atoms with Crippen LogP contribution in [0.4, 0.5) is 5.69 Å². The molecule has 0 bridgehead atoms. The second kappa shape index (κ2) is 10.6. The van der Waals surface area contributed by atoms with Crippen LogP contribution in [0.1, 0.15) is 36.2 Å². The average molecular weight is 460 g/mol. The predicted molar refractivity (Wildman–Crippen MR) is 116 cm³/mol. The van der Waals surface area contributed by atoms with Crippen LogP contribution in [0.3, 0.4) is 0 Å². The van der Waals surface area contributed by atoms with Crippen molar-refractivity contribution in [2.75, 3.05) is 11.9 Å². The minimum absolute atomic E-state index is 0.136. The number of hydrogen-bond donors (Lipinski definition) is 3. The zero-order chi connectivity index (χ0) is 21.6. The Hall–Kier alpha value is -2.15. The van der Waals surface area contributed by atoms with Gasteiger partial charge < -0.3 is 20.5 Å². The van der Waals surface area contributed by atoms with Crippen LogP contribution in [0.2, 0.25) is 15.1 Å². The van der Waals surface area contributed by atoms with Gasteiger partial charge in [-0.1, -0.05) is 41.7 Å². The molecule has 0 saturated heterocycles. The molecule has 1 atom stereocenters. The number of rotatable bonds is 9. The van der Waals surface area contributed by atoms with Crippen molar-refractivity contribution in [1.82, 2.24) is 5.32 Å². The lowest BCUT2D eigenvalue weighted by molar-refractivity contribution is -0.135. The van der Waals surface area contributed by atoms with Gasteiger partial charge in [-0.05, 0) is 49.2 Å². The molecule has 0 aliphatic heterocycles. The number of benzene rings is 2. The standard InChI is InChI=1S/C20H21Cl3N2O4/c1-3-11(2)25-15-5-12(4-14(21)8-15)10-29-19-16(22)6-13(7-17(19)23)20(28)24-9-18(26)27/h4-8,11,25H,3,9-10H2,1-2H3,(H,24,28)(H,26,27). The summed E-state index contributed by atoms with van der Waals surface area (Å²) in [5.41, 5.74) is 1.84. The fraction of sp³-hybridized carbons (Fsp3) is 0.300. The molecule has 0 radical (unpaired) electrons. The lowest BCUT2D eigenvalue weighted by Crippen LogP contribution is -2.29. The summed E-state index contributed by atoms with van der Waals surface area (Å²) in [7, 11) is 0. The maximum absolute atomic E-state index is 12.0. The van der Waals surface area contributed by atoms with E-state index in [9.17, 15) is 9.59 Å². The Labute approximate surface area is 184 Å². The van der Waals surface area contributed by atoms with Gasteiger partial charge in [0, 0.05) is 22.3 Å². The number of amides is 1. The first-order chi connectivity index (χ1) is 13.7. The Morgan fingerprint density at radius 2 is 1.76 bits per heavy atom. The average Bonchev–Trinajstić information content (AvgIpc) is 2.64. The highest BCUT2D eigenvalue weighted by Crippen LogP contribution is 2.35. The molecule has 2 aromatic rings. The van der Waals surface area contributed by atoms with Crippen LogP contribution in [0.15, 0.2) is 30.3 Å². The highest BCUT2D eigenvalue weighted by atomic mass is 35.5. The lowest BCUT2D eigenvalue weighted by atomic mass is 10.1. The second-order valence-corrected chi connectivity index (χ2v) is 7.69. The van der Waals surface area contributed by atoms with E-state index >= 15 is 0 Å². The highest BCUT2D eigenvalue weighted by molar-refractivity contribution is 6.37. The quantitative estimate of drug-likeness (QED) is 0.476. The number of nitrogens with one attached hydrogen (secondary N) is 2. The van der Waals surface area contributed by atoms with Crippen molar-refractivity contribution in [3.05, 3.63) is 56.5 Å². The molecule has 3 N–H and O–H groups in total. The molecule has 1 unspecified atom stereocenters. The van der Waals surface area contributed by atoms with Gasteiger partial charge in [-0.3, -0.25) is 9.59 Å². The van der Waals surface area contributed by atoms with E-state index < -0.39 is 18.4 Å². The van der Waals surface area contributed by atoms with Crippen LogP contribution in [-0.4, -0.2) is 29.6 Å². The maximum Gasteiger partial charge on any atom is 0.322 e. The predicted octanol–water partition coefficient (Wildman–Crippen LogP) is 5.25. The van der Waals surface area contributed by atoms with Crippen molar-refractivity contribution in [3.63, 3.8) is 0 Å². The number of ether oxygens (including phenoxy) is 1. The fourth-order valence-corrected chi connectivity index (χ4v) is 3.30. The van der Waals surface area contributed by atoms with Gasteiger partial charge in [-0.15, -0.1) is 0 Å². The number of anilines is 1. The Morgan fingerprint density at radius 1 is 1.10 bits per heavy atom. The van der Waals surface area contributed by atoms with Crippen LogP contribution in [0.25, 0.3) is 0 Å². The molecule has 0 aromatic heterocycles. The highest BCUT2D eigenvalue weighted by Gasteiger charge is 2.15. The molecule has 6 nitrogen and oxygen atoms in total. The lowest BCUT2D eigenvalue weighted by Gasteiger charge is -2.16. The first-order valence-electron chi connectivity index (χ1n) is 8.87. The molecule has 29 heavy (non-hydrogen) atoms. The largest absolute Gasteiger partial charge is 0.486 e. The van der Waals surface area contributed by atoms with E-state index in [-0.39, 0.29) is 28.0 Å². The van der Waals surface area contributed by atoms with E-state index in [4.69, 9.17) is 44.6 Å². The Balaban J connectivity index is 2.13. The van der Waals surface area contributed by atoms with Gasteiger partial charge in [0.25, 0.3) is 5.91 Å². The molecule has 2 aromatic carbocycles. The van der Waals surface area contributed by atoms with Crippen LogP contribution >= 0.6 is 34.8 Å². The van der Waals surface area contributed by atoms with Gasteiger partial charge in [-0.2, -0.15) is 0 Å². The van der Waals surface area contributed by atoms with Crippen molar-refractivity contribution >= 4 is 52.4 Å². The topological polar surface area (TPSA) is 87.7 Å². The maximum atomic E-state index is 12.0. The van der Waals surface area contributed by atoms with Crippen LogP contribution in [-0.2, 0) is 11.4 Å². The molecule has 0 heterocycles. The van der Waals surface area contributed by atoms with Gasteiger partial charge in [0.1, 0.15) is 13.2 Å². The number of carbonyl (C=O) groups excluding carboxylic acids is 1. The first-order valence-corrected chi connectivity index (χ1v) is 10.0. The molecule has 0 saturated carbocycles. The van der Waals surface area contributed by atoms with E-state index in [1.165, 1.54) is 12.1 Å². The smallest absolute Gasteiger partial charge is 0.322 e. The number of hydrogen-bond acceptors (Lipinski definition) is 4. The monoisotopic (exact) mass is 458 g/mol. The van der Waals surface area contributed by atoms with Gasteiger partial charge >= 0.3 is 5.97 Å². The number of carboxylic acids is 1. The van der Waals surface area contributed by atoms with Crippen molar-refractivity contribution < 1.29 is 19.4 Å². The zero-order valence-corrected chi connectivity index (χ0v) is 18.2. The number of carboxylic acid groups (broad SMARTS) is 1. The first kappa shape index (κ1) is 23.1. The van der Waals surface area contributed by atoms with Crippen molar-refractivity contribution in [2.45, 2.75) is 32.9 Å². The zero-order valence-electron chi connectivity index (χ0n) is 15.9. The van der Waals surface area contributed by atoms with E-state index in [2.05, 4.69) is 24.5 Å². The molecule has 1 amide bonds. The minimum Gasteiger partial charge on any atom is -0.486 e. The van der Waals surface area contributed by atoms with Crippen LogP contribution in [0.5, 0.6) is 5.75 Å². The molecular formula is C20H21Cl3N2O4. The number of carbonyl (C=O) groups is 2. The van der Waals surface area contributed by atoms with Crippen molar-refractivity contribution in [3.8, 4) is 5.75 Å². The van der Waals surface area contributed by atoms with Crippen molar-refractivity contribution in [1.29, 1.82) is 0 Å². The van der Waals surface area contributed by atoms with Crippen LogP contribution in [0, 0.1) is 0 Å². The van der Waals surface area contributed by atoms with E-state index in [1.54, 1.807) is 6.07 Å². The summed E-state index contributed by atoms with van der Waals surface area (Å²) in [6.07, 6.45) is 0.968. The summed E-state index contributed by atoms with van der Waals surface area (Å²) in [6, 6.07) is 8.57. The Morgan fingerprint density at radius 3 is 2.34 bits per heavy atom. The fourth-order valence-electron chi connectivity index (χ4n) is 2.45. The second-order valence-electron chi connectivity index (χ2n) is 6.44. The molecule has 0 aliphatic carbocycles. The van der Waals surface area contributed by atoms with E-state index in [0.717, 1.165) is 17.7 Å². The van der Waals surface area contributed by atoms with Crippen molar-refractivity contribution in [2.24, 2.45) is 0 Å². The van der Waals surface area contributed by atoms with Gasteiger partial charge in [0.2, 0.25) is 0 Å². The Bertz CT molecular complexity index is 882. The summed E-state index contributed by atoms with van der Waals surface area (Å²) in [5.74, 6) is -1.53. The number of aliphatic carboxylic acids is 1. The van der Waals surface area contributed by atoms with Gasteiger partial charge in [0.15, 0.2) is 5.75 Å². The van der Waals surface area contributed by atoms with E-state index in [1.807, 2.05) is 12.1 Å². The third kappa shape index (κ3) is 6.99. The molecule has 9 heteroatoms. The van der Waals surface area contributed by atoms with Crippen LogP contribution < -0.4 is 15.4 Å². The number of halogens is 3. The molecule has 156 valence electrons. The SMILES string of the molecule is CCC(C)Nc1cc(Cl)cc(COc2c(Cl)cc(C(=O)NCC(=O)O)cc2Cl)c1. The molecule has 0 spiro atoms. The molecule has 2 rings (SSSR count). The summed E-state index contributed by atoms with van der Waals surface area (Å²) < 4.78 is 5.75. The third-order valence-electron chi connectivity index (χ3n) is 4.03. The Kier molecular flexibility index (Phi) is 8.44. The summed E-state index contributed by atoms with van der Waals surface area (Å²) in [6.45, 7) is 3.82. The normalized spacial score (nSPS) is 11.6. The molecule has 0 aliphatic rings. The molecule has 0 fully saturated rings.